The number of benzene rings is 1. The normalized spacial score (nSPS) is 12.2. The van der Waals surface area contributed by atoms with Gasteiger partial charge in [0.15, 0.2) is 0 Å². The van der Waals surface area contributed by atoms with E-state index in [2.05, 4.69) is 0 Å². The van der Waals surface area contributed by atoms with E-state index in [-0.39, 0.29) is 13.2 Å². The molecular weight excluding hydrogens is 222 g/mol. The summed E-state index contributed by atoms with van der Waals surface area (Å²) < 4.78 is 15.4. The Morgan fingerprint density at radius 1 is 1.18 bits per heavy atom. The minimum Gasteiger partial charge on any atom is -0.497 e. The maximum atomic E-state index is 9.46. The Balaban J connectivity index is 2.63. The number of hydrogen-bond donors (Lipinski definition) is 2. The van der Waals surface area contributed by atoms with Gasteiger partial charge in [0, 0.05) is 19.7 Å². The summed E-state index contributed by atoms with van der Waals surface area (Å²) in [5, 5.41) is 9.46. The van der Waals surface area contributed by atoms with Crippen LogP contribution in [0.15, 0.2) is 18.2 Å². The predicted octanol–water partition coefficient (Wildman–Crippen LogP) is 0.540. The molecule has 1 atom stereocenters. The van der Waals surface area contributed by atoms with Gasteiger partial charge in [-0.1, -0.05) is 0 Å². The van der Waals surface area contributed by atoms with Crippen molar-refractivity contribution in [2.24, 2.45) is 5.73 Å². The molecule has 0 heterocycles. The van der Waals surface area contributed by atoms with Crippen molar-refractivity contribution in [3.05, 3.63) is 23.8 Å². The quantitative estimate of drug-likeness (QED) is 0.729. The van der Waals surface area contributed by atoms with Crippen molar-refractivity contribution in [2.45, 2.75) is 12.6 Å². The van der Waals surface area contributed by atoms with Gasteiger partial charge < -0.3 is 25.1 Å². The summed E-state index contributed by atoms with van der Waals surface area (Å²) in [6, 6.07) is 5.42. The van der Waals surface area contributed by atoms with Gasteiger partial charge in [0.1, 0.15) is 24.2 Å². The summed E-state index contributed by atoms with van der Waals surface area (Å²) in [4.78, 5) is 0. The summed E-state index contributed by atoms with van der Waals surface area (Å²) in [6.45, 7) is 0.826. The highest BCUT2D eigenvalue weighted by atomic mass is 16.5. The van der Waals surface area contributed by atoms with Crippen molar-refractivity contribution in [2.75, 3.05) is 27.4 Å². The lowest BCUT2D eigenvalue weighted by atomic mass is 10.2. The number of aliphatic hydroxyl groups excluding tert-OH is 1. The highest BCUT2D eigenvalue weighted by molar-refractivity contribution is 5.38. The number of aliphatic hydroxyl groups is 1. The summed E-state index contributed by atoms with van der Waals surface area (Å²) in [5.74, 6) is 1.31. The molecule has 3 N–H and O–H groups in total. The predicted molar refractivity (Wildman–Crippen MR) is 64.3 cm³/mol. The lowest BCUT2D eigenvalue weighted by Gasteiger charge is -2.13. The zero-order valence-corrected chi connectivity index (χ0v) is 10.2. The van der Waals surface area contributed by atoms with Crippen LogP contribution in [0.1, 0.15) is 5.56 Å². The molecule has 0 aliphatic carbocycles. The Bertz CT molecular complexity index is 321. The van der Waals surface area contributed by atoms with Crippen molar-refractivity contribution >= 4 is 0 Å². The average Bonchev–Trinajstić information content (AvgIpc) is 2.36. The SMILES string of the molecule is COCC(O)COc1cc(CN)cc(OC)c1. The first-order chi connectivity index (χ1) is 8.19. The van der Waals surface area contributed by atoms with Crippen LogP contribution in [0, 0.1) is 0 Å². The number of ether oxygens (including phenoxy) is 3. The molecule has 5 heteroatoms. The third kappa shape index (κ3) is 4.60. The lowest BCUT2D eigenvalue weighted by Crippen LogP contribution is -2.22. The van der Waals surface area contributed by atoms with Crippen molar-refractivity contribution in [1.29, 1.82) is 0 Å². The zero-order valence-electron chi connectivity index (χ0n) is 10.2. The molecule has 0 radical (unpaired) electrons. The van der Waals surface area contributed by atoms with E-state index in [4.69, 9.17) is 19.9 Å². The van der Waals surface area contributed by atoms with Crippen molar-refractivity contribution < 1.29 is 19.3 Å². The molecule has 0 aliphatic rings. The molecule has 0 fully saturated rings. The van der Waals surface area contributed by atoms with Crippen LogP contribution >= 0.6 is 0 Å². The standard InChI is InChI=1S/C12H19NO4/c1-15-7-10(14)8-17-12-4-9(6-13)3-11(5-12)16-2/h3-5,10,14H,6-8,13H2,1-2H3. The van der Waals surface area contributed by atoms with E-state index in [1.807, 2.05) is 12.1 Å². The second kappa shape index (κ2) is 7.11. The van der Waals surface area contributed by atoms with Crippen LogP contribution in [0.2, 0.25) is 0 Å². The van der Waals surface area contributed by atoms with Gasteiger partial charge >= 0.3 is 0 Å². The van der Waals surface area contributed by atoms with E-state index in [0.717, 1.165) is 5.56 Å². The number of nitrogens with two attached hydrogens (primary N) is 1. The molecule has 0 aliphatic heterocycles. The molecule has 1 aromatic carbocycles. The van der Waals surface area contributed by atoms with E-state index in [9.17, 15) is 5.11 Å². The second-order valence-electron chi connectivity index (χ2n) is 3.64. The monoisotopic (exact) mass is 241 g/mol. The zero-order chi connectivity index (χ0) is 12.7. The van der Waals surface area contributed by atoms with Crippen molar-refractivity contribution in [3.63, 3.8) is 0 Å². The molecular formula is C12H19NO4. The van der Waals surface area contributed by atoms with E-state index >= 15 is 0 Å². The summed E-state index contributed by atoms with van der Waals surface area (Å²) >= 11 is 0. The molecule has 0 saturated heterocycles. The average molecular weight is 241 g/mol. The minimum absolute atomic E-state index is 0.172. The lowest BCUT2D eigenvalue weighted by molar-refractivity contribution is 0.0325. The Hall–Kier alpha value is -1.30. The van der Waals surface area contributed by atoms with Crippen LogP contribution in [-0.2, 0) is 11.3 Å². The minimum atomic E-state index is -0.646. The summed E-state index contributed by atoms with van der Waals surface area (Å²) in [6.07, 6.45) is -0.646. The maximum Gasteiger partial charge on any atom is 0.123 e. The fourth-order valence-electron chi connectivity index (χ4n) is 1.38. The highest BCUT2D eigenvalue weighted by Gasteiger charge is 2.06. The topological polar surface area (TPSA) is 73.9 Å². The molecule has 96 valence electrons. The van der Waals surface area contributed by atoms with Gasteiger partial charge in [0.05, 0.1) is 13.7 Å². The van der Waals surface area contributed by atoms with Crippen molar-refractivity contribution in [3.8, 4) is 11.5 Å². The summed E-state index contributed by atoms with van der Waals surface area (Å²) in [5.41, 5.74) is 6.48. The molecule has 5 nitrogen and oxygen atoms in total. The van der Waals surface area contributed by atoms with Crippen molar-refractivity contribution in [1.82, 2.24) is 0 Å². The Kier molecular flexibility index (Phi) is 5.76. The molecule has 1 unspecified atom stereocenters. The van der Waals surface area contributed by atoms with Crippen LogP contribution in [0.25, 0.3) is 0 Å². The second-order valence-corrected chi connectivity index (χ2v) is 3.64. The van der Waals surface area contributed by atoms with Gasteiger partial charge in [-0.3, -0.25) is 0 Å². The first-order valence-electron chi connectivity index (χ1n) is 5.37. The third-order valence-electron chi connectivity index (χ3n) is 2.21. The fraction of sp³-hybridized carbons (Fsp3) is 0.500. The molecule has 1 aromatic rings. The van der Waals surface area contributed by atoms with Crippen LogP contribution in [0.5, 0.6) is 11.5 Å². The van der Waals surface area contributed by atoms with Gasteiger partial charge in [-0.2, -0.15) is 0 Å². The fourth-order valence-corrected chi connectivity index (χ4v) is 1.38. The Morgan fingerprint density at radius 3 is 2.47 bits per heavy atom. The smallest absolute Gasteiger partial charge is 0.123 e. The van der Waals surface area contributed by atoms with E-state index in [1.54, 1.807) is 13.2 Å². The van der Waals surface area contributed by atoms with Gasteiger partial charge in [0.25, 0.3) is 0 Å². The molecule has 0 amide bonds. The van der Waals surface area contributed by atoms with E-state index in [1.165, 1.54) is 7.11 Å². The van der Waals surface area contributed by atoms with E-state index < -0.39 is 6.10 Å². The number of hydrogen-bond acceptors (Lipinski definition) is 5. The Labute approximate surface area is 101 Å². The highest BCUT2D eigenvalue weighted by Crippen LogP contribution is 2.22. The van der Waals surface area contributed by atoms with Gasteiger partial charge in [-0.05, 0) is 17.7 Å². The Morgan fingerprint density at radius 2 is 1.88 bits per heavy atom. The van der Waals surface area contributed by atoms with E-state index in [0.29, 0.717) is 18.0 Å². The first-order valence-corrected chi connectivity index (χ1v) is 5.37. The van der Waals surface area contributed by atoms with Crippen LogP contribution in [-0.4, -0.2) is 38.6 Å². The van der Waals surface area contributed by atoms with Gasteiger partial charge in [0.2, 0.25) is 0 Å². The van der Waals surface area contributed by atoms with Crippen LogP contribution < -0.4 is 15.2 Å². The molecule has 0 saturated carbocycles. The van der Waals surface area contributed by atoms with Crippen LogP contribution in [0.3, 0.4) is 0 Å². The molecule has 1 rings (SSSR count). The third-order valence-corrected chi connectivity index (χ3v) is 2.21. The van der Waals surface area contributed by atoms with Crippen LogP contribution in [0.4, 0.5) is 0 Å². The summed E-state index contributed by atoms with van der Waals surface area (Å²) in [7, 11) is 3.11. The first kappa shape index (κ1) is 13.8. The molecule has 0 aromatic heterocycles. The number of methoxy groups -OCH3 is 2. The molecule has 0 spiro atoms. The number of rotatable bonds is 7. The molecule has 17 heavy (non-hydrogen) atoms. The van der Waals surface area contributed by atoms with Gasteiger partial charge in [-0.25, -0.2) is 0 Å². The van der Waals surface area contributed by atoms with Gasteiger partial charge in [-0.15, -0.1) is 0 Å². The molecule has 0 bridgehead atoms. The largest absolute Gasteiger partial charge is 0.497 e. The maximum absolute atomic E-state index is 9.46.